The third-order valence-corrected chi connectivity index (χ3v) is 4.09. The summed E-state index contributed by atoms with van der Waals surface area (Å²) >= 11 is 1.39. The summed E-state index contributed by atoms with van der Waals surface area (Å²) in [5.74, 6) is -0.603. The number of hydrogen-bond acceptors (Lipinski definition) is 6. The lowest BCUT2D eigenvalue weighted by atomic mass is 9.91. The molecule has 1 unspecified atom stereocenters. The fourth-order valence-corrected chi connectivity index (χ4v) is 3.29. The van der Waals surface area contributed by atoms with Crippen LogP contribution in [0.2, 0.25) is 0 Å². The Labute approximate surface area is 127 Å². The number of aromatic nitrogens is 1. The first kappa shape index (κ1) is 15.8. The van der Waals surface area contributed by atoms with Crippen LogP contribution in [0.25, 0.3) is 0 Å². The predicted molar refractivity (Wildman–Crippen MR) is 79.7 cm³/mol. The molecule has 0 spiro atoms. The molecule has 0 fully saturated rings. The first-order valence-electron chi connectivity index (χ1n) is 6.87. The molecular formula is C14H20N2O4S. The fraction of sp³-hybridized carbons (Fsp3) is 0.643. The lowest BCUT2D eigenvalue weighted by Crippen LogP contribution is -2.27. The molecule has 7 heteroatoms. The number of methoxy groups -OCH3 is 1. The average molecular weight is 312 g/mol. The highest BCUT2D eigenvalue weighted by Crippen LogP contribution is 2.37. The van der Waals surface area contributed by atoms with Gasteiger partial charge in [-0.15, -0.1) is 11.3 Å². The lowest BCUT2D eigenvalue weighted by molar-refractivity contribution is -0.142. The van der Waals surface area contributed by atoms with E-state index in [0.717, 1.165) is 29.8 Å². The number of carbonyl (C=O) groups excluding carboxylic acids is 2. The Bertz CT molecular complexity index is 548. The zero-order chi connectivity index (χ0) is 15.6. The number of hydrogen-bond donors (Lipinski definition) is 1. The van der Waals surface area contributed by atoms with E-state index in [0.29, 0.717) is 5.13 Å². The standard InChI is InChI=1S/C14H20N2O4S/c1-14(2,3)20-13(18)16-12-15-10-8(11(17)19-4)6-5-7-9(10)21-12/h8H,5-7H2,1-4H3,(H,15,16,18). The molecule has 0 radical (unpaired) electrons. The smallest absolute Gasteiger partial charge is 0.413 e. The van der Waals surface area contributed by atoms with Gasteiger partial charge in [0.2, 0.25) is 0 Å². The quantitative estimate of drug-likeness (QED) is 0.849. The van der Waals surface area contributed by atoms with Crippen LogP contribution in [0.3, 0.4) is 0 Å². The normalized spacial score (nSPS) is 17.8. The number of carbonyl (C=O) groups is 2. The van der Waals surface area contributed by atoms with E-state index in [4.69, 9.17) is 9.47 Å². The van der Waals surface area contributed by atoms with Crippen molar-refractivity contribution in [2.45, 2.75) is 51.6 Å². The molecule has 6 nitrogen and oxygen atoms in total. The number of rotatable bonds is 2. The third-order valence-electron chi connectivity index (χ3n) is 3.05. The Morgan fingerprint density at radius 1 is 1.38 bits per heavy atom. The Hall–Kier alpha value is -1.63. The van der Waals surface area contributed by atoms with Crippen molar-refractivity contribution in [3.8, 4) is 0 Å². The summed E-state index contributed by atoms with van der Waals surface area (Å²) in [6.45, 7) is 5.40. The first-order chi connectivity index (χ1) is 9.80. The van der Waals surface area contributed by atoms with Gasteiger partial charge in [0, 0.05) is 4.88 Å². The number of ether oxygens (including phenoxy) is 2. The Kier molecular flexibility index (Phi) is 4.51. The summed E-state index contributed by atoms with van der Waals surface area (Å²) in [6.07, 6.45) is 1.98. The molecule has 116 valence electrons. The molecule has 1 aromatic rings. The molecule has 0 aromatic carbocycles. The zero-order valence-corrected chi connectivity index (χ0v) is 13.5. The van der Waals surface area contributed by atoms with Crippen molar-refractivity contribution in [2.24, 2.45) is 0 Å². The highest BCUT2D eigenvalue weighted by Gasteiger charge is 2.31. The molecule has 1 heterocycles. The predicted octanol–water partition coefficient (Wildman–Crippen LogP) is 3.08. The summed E-state index contributed by atoms with van der Waals surface area (Å²) in [4.78, 5) is 28.9. The molecule has 21 heavy (non-hydrogen) atoms. The fourth-order valence-electron chi connectivity index (χ4n) is 2.23. The van der Waals surface area contributed by atoms with Gasteiger partial charge in [0.15, 0.2) is 5.13 Å². The van der Waals surface area contributed by atoms with Crippen LogP contribution in [0.1, 0.15) is 50.1 Å². The van der Waals surface area contributed by atoms with Gasteiger partial charge in [-0.2, -0.15) is 0 Å². The molecule has 1 amide bonds. The van der Waals surface area contributed by atoms with Crippen molar-refractivity contribution < 1.29 is 19.1 Å². The third kappa shape index (κ3) is 3.93. The zero-order valence-electron chi connectivity index (χ0n) is 12.7. The molecule has 0 aliphatic heterocycles. The van der Waals surface area contributed by atoms with Gasteiger partial charge >= 0.3 is 12.1 Å². The van der Waals surface area contributed by atoms with E-state index in [-0.39, 0.29) is 11.9 Å². The van der Waals surface area contributed by atoms with Gasteiger partial charge in [-0.1, -0.05) is 0 Å². The highest BCUT2D eigenvalue weighted by atomic mass is 32.1. The summed E-state index contributed by atoms with van der Waals surface area (Å²) in [6, 6.07) is 0. The molecule has 1 aliphatic rings. The summed E-state index contributed by atoms with van der Waals surface area (Å²) < 4.78 is 10.0. The van der Waals surface area contributed by atoms with Crippen LogP contribution in [0.5, 0.6) is 0 Å². The summed E-state index contributed by atoms with van der Waals surface area (Å²) in [5, 5.41) is 3.09. The van der Waals surface area contributed by atoms with Crippen LogP contribution >= 0.6 is 11.3 Å². The average Bonchev–Trinajstić information content (AvgIpc) is 2.77. The molecule has 0 bridgehead atoms. The molecular weight excluding hydrogens is 292 g/mol. The van der Waals surface area contributed by atoms with Gasteiger partial charge in [0.05, 0.1) is 12.8 Å². The van der Waals surface area contributed by atoms with E-state index in [9.17, 15) is 9.59 Å². The minimum absolute atomic E-state index is 0.273. The number of nitrogens with one attached hydrogen (secondary N) is 1. The van der Waals surface area contributed by atoms with Crippen molar-refractivity contribution >= 4 is 28.5 Å². The molecule has 0 saturated heterocycles. The minimum atomic E-state index is -0.560. The molecule has 1 N–H and O–H groups in total. The van der Waals surface area contributed by atoms with Crippen LogP contribution in [0, 0.1) is 0 Å². The monoisotopic (exact) mass is 312 g/mol. The number of thiazole rings is 1. The highest BCUT2D eigenvalue weighted by molar-refractivity contribution is 7.15. The number of nitrogens with zero attached hydrogens (tertiary/aromatic N) is 1. The summed E-state index contributed by atoms with van der Waals surface area (Å²) in [7, 11) is 1.38. The van der Waals surface area contributed by atoms with Gasteiger partial charge in [-0.3, -0.25) is 10.1 Å². The summed E-state index contributed by atoms with van der Waals surface area (Å²) in [5.41, 5.74) is 0.166. The molecule has 1 aliphatic carbocycles. The van der Waals surface area contributed by atoms with E-state index < -0.39 is 11.7 Å². The van der Waals surface area contributed by atoms with Crippen LogP contribution in [-0.4, -0.2) is 29.8 Å². The van der Waals surface area contributed by atoms with Crippen molar-refractivity contribution in [1.29, 1.82) is 0 Å². The maximum atomic E-state index is 11.8. The number of fused-ring (bicyclic) bond motifs is 1. The van der Waals surface area contributed by atoms with Gasteiger partial charge < -0.3 is 9.47 Å². The number of anilines is 1. The maximum absolute atomic E-state index is 11.8. The minimum Gasteiger partial charge on any atom is -0.469 e. The molecule has 2 rings (SSSR count). The second kappa shape index (κ2) is 6.01. The number of esters is 1. The van der Waals surface area contributed by atoms with Crippen LogP contribution in [0.15, 0.2) is 0 Å². The lowest BCUT2D eigenvalue weighted by Gasteiger charge is -2.19. The van der Waals surface area contributed by atoms with Crippen LogP contribution in [-0.2, 0) is 20.7 Å². The second-order valence-electron chi connectivity index (χ2n) is 5.92. The van der Waals surface area contributed by atoms with Gasteiger partial charge in [0.1, 0.15) is 11.5 Å². The van der Waals surface area contributed by atoms with Crippen molar-refractivity contribution in [3.05, 3.63) is 10.6 Å². The number of aryl methyl sites for hydroxylation is 1. The SMILES string of the molecule is COC(=O)C1CCCc2sc(NC(=O)OC(C)(C)C)nc21. The molecule has 0 saturated carbocycles. The first-order valence-corrected chi connectivity index (χ1v) is 7.69. The Balaban J connectivity index is 2.13. The topological polar surface area (TPSA) is 77.5 Å². The number of amides is 1. The largest absolute Gasteiger partial charge is 0.469 e. The molecule has 1 atom stereocenters. The van der Waals surface area contributed by atoms with E-state index in [1.807, 2.05) is 0 Å². The Morgan fingerprint density at radius 2 is 2.10 bits per heavy atom. The second-order valence-corrected chi connectivity index (χ2v) is 7.01. The van der Waals surface area contributed by atoms with Gasteiger partial charge in [-0.05, 0) is 40.0 Å². The van der Waals surface area contributed by atoms with E-state index in [2.05, 4.69) is 10.3 Å². The Morgan fingerprint density at radius 3 is 2.71 bits per heavy atom. The van der Waals surface area contributed by atoms with E-state index in [1.165, 1.54) is 18.4 Å². The van der Waals surface area contributed by atoms with Gasteiger partial charge in [-0.25, -0.2) is 9.78 Å². The van der Waals surface area contributed by atoms with Crippen molar-refractivity contribution in [3.63, 3.8) is 0 Å². The maximum Gasteiger partial charge on any atom is 0.413 e. The van der Waals surface area contributed by atoms with Crippen molar-refractivity contribution in [1.82, 2.24) is 4.98 Å². The van der Waals surface area contributed by atoms with E-state index in [1.54, 1.807) is 20.8 Å². The van der Waals surface area contributed by atoms with Crippen LogP contribution in [0.4, 0.5) is 9.93 Å². The van der Waals surface area contributed by atoms with E-state index >= 15 is 0 Å². The van der Waals surface area contributed by atoms with Gasteiger partial charge in [0.25, 0.3) is 0 Å². The van der Waals surface area contributed by atoms with Crippen molar-refractivity contribution in [2.75, 3.05) is 12.4 Å². The molecule has 1 aromatic heterocycles. The van der Waals surface area contributed by atoms with Crippen LogP contribution < -0.4 is 5.32 Å².